The van der Waals surface area contributed by atoms with Crippen LogP contribution in [0.2, 0.25) is 5.02 Å². The smallest absolute Gasteiger partial charge is 0.335 e. The van der Waals surface area contributed by atoms with Crippen LogP contribution < -0.4 is 0 Å². The minimum atomic E-state index is -1.01. The third-order valence-corrected chi connectivity index (χ3v) is 4.77. The molecule has 4 nitrogen and oxygen atoms in total. The topological polar surface area (TPSA) is 57.6 Å². The molecule has 1 fully saturated rings. The van der Waals surface area contributed by atoms with Crippen molar-refractivity contribution >= 4 is 23.5 Å². The fourth-order valence-electron chi connectivity index (χ4n) is 3.28. The number of rotatable bonds is 4. The second-order valence-corrected chi connectivity index (χ2v) is 6.31. The molecule has 0 aromatic heterocycles. The van der Waals surface area contributed by atoms with Gasteiger partial charge in [-0.05, 0) is 36.1 Å². The summed E-state index contributed by atoms with van der Waals surface area (Å²) < 4.78 is 0. The minimum absolute atomic E-state index is 0.0387. The number of carboxylic acid groups (broad SMARTS) is 1. The summed E-state index contributed by atoms with van der Waals surface area (Å²) in [5.74, 6) is -1.08. The van der Waals surface area contributed by atoms with Gasteiger partial charge in [0, 0.05) is 11.6 Å². The molecule has 1 amide bonds. The van der Waals surface area contributed by atoms with Crippen LogP contribution in [0, 0.1) is 0 Å². The SMILES string of the molecule is O=C(O)c1ccccc1CC(=O)N1CCCC1c1ccccc1Cl. The highest BCUT2D eigenvalue weighted by atomic mass is 35.5. The zero-order chi connectivity index (χ0) is 17.1. The number of amides is 1. The molecule has 124 valence electrons. The van der Waals surface area contributed by atoms with Crippen LogP contribution in [0.15, 0.2) is 48.5 Å². The number of hydrogen-bond donors (Lipinski definition) is 1. The van der Waals surface area contributed by atoms with Crippen molar-refractivity contribution in [1.29, 1.82) is 0 Å². The van der Waals surface area contributed by atoms with E-state index in [1.807, 2.05) is 29.2 Å². The Labute approximate surface area is 145 Å². The number of benzene rings is 2. The first-order valence-electron chi connectivity index (χ1n) is 7.93. The Hall–Kier alpha value is -2.33. The lowest BCUT2D eigenvalue weighted by atomic mass is 10.0. The lowest BCUT2D eigenvalue weighted by Gasteiger charge is -2.26. The number of carbonyl (C=O) groups is 2. The van der Waals surface area contributed by atoms with E-state index >= 15 is 0 Å². The predicted octanol–water partition coefficient (Wildman–Crippen LogP) is 3.94. The molecule has 24 heavy (non-hydrogen) atoms. The molecular weight excluding hydrogens is 326 g/mol. The summed E-state index contributed by atoms with van der Waals surface area (Å²) in [6.45, 7) is 0.671. The fourth-order valence-corrected chi connectivity index (χ4v) is 3.54. The number of aromatic carboxylic acids is 1. The largest absolute Gasteiger partial charge is 0.478 e. The first-order valence-corrected chi connectivity index (χ1v) is 8.31. The number of likely N-dealkylation sites (tertiary alicyclic amines) is 1. The van der Waals surface area contributed by atoms with E-state index < -0.39 is 5.97 Å². The number of halogens is 1. The van der Waals surface area contributed by atoms with E-state index in [9.17, 15) is 14.7 Å². The van der Waals surface area contributed by atoms with Crippen molar-refractivity contribution in [3.05, 3.63) is 70.2 Å². The van der Waals surface area contributed by atoms with Crippen LogP contribution in [0.5, 0.6) is 0 Å². The highest BCUT2D eigenvalue weighted by Gasteiger charge is 2.31. The zero-order valence-electron chi connectivity index (χ0n) is 13.1. The maximum absolute atomic E-state index is 12.8. The fraction of sp³-hybridized carbons (Fsp3) is 0.263. The Bertz CT molecular complexity index is 775. The van der Waals surface area contributed by atoms with Gasteiger partial charge in [0.2, 0.25) is 5.91 Å². The van der Waals surface area contributed by atoms with Crippen LogP contribution in [0.25, 0.3) is 0 Å². The molecule has 1 atom stereocenters. The number of carbonyl (C=O) groups excluding carboxylic acids is 1. The molecule has 0 bridgehead atoms. The minimum Gasteiger partial charge on any atom is -0.478 e. The van der Waals surface area contributed by atoms with Gasteiger partial charge < -0.3 is 10.0 Å². The molecule has 1 heterocycles. The van der Waals surface area contributed by atoms with Gasteiger partial charge in [0.15, 0.2) is 0 Å². The van der Waals surface area contributed by atoms with Crippen molar-refractivity contribution in [2.45, 2.75) is 25.3 Å². The molecule has 0 spiro atoms. The summed E-state index contributed by atoms with van der Waals surface area (Å²) in [7, 11) is 0. The average Bonchev–Trinajstić information content (AvgIpc) is 3.05. The number of carboxylic acids is 1. The van der Waals surface area contributed by atoms with E-state index in [1.54, 1.807) is 18.2 Å². The van der Waals surface area contributed by atoms with Gasteiger partial charge in [0.25, 0.3) is 0 Å². The highest BCUT2D eigenvalue weighted by Crippen LogP contribution is 2.36. The maximum Gasteiger partial charge on any atom is 0.335 e. The quantitative estimate of drug-likeness (QED) is 0.914. The summed E-state index contributed by atoms with van der Waals surface area (Å²) in [5, 5.41) is 9.93. The molecule has 5 heteroatoms. The molecule has 1 N–H and O–H groups in total. The van der Waals surface area contributed by atoms with Crippen LogP contribution in [-0.4, -0.2) is 28.4 Å². The van der Waals surface area contributed by atoms with Crippen LogP contribution in [0.1, 0.15) is 40.4 Å². The maximum atomic E-state index is 12.8. The van der Waals surface area contributed by atoms with Crippen molar-refractivity contribution in [2.24, 2.45) is 0 Å². The molecule has 1 unspecified atom stereocenters. The molecule has 1 aliphatic heterocycles. The van der Waals surface area contributed by atoms with Crippen LogP contribution in [0.4, 0.5) is 0 Å². The predicted molar refractivity (Wildman–Crippen MR) is 92.2 cm³/mol. The molecular formula is C19H18ClNO3. The first-order chi connectivity index (χ1) is 11.6. The van der Waals surface area contributed by atoms with Gasteiger partial charge in [0.1, 0.15) is 0 Å². The summed E-state index contributed by atoms with van der Waals surface area (Å²) >= 11 is 6.29. The Morgan fingerprint density at radius 3 is 2.58 bits per heavy atom. The summed E-state index contributed by atoms with van der Waals surface area (Å²) in [4.78, 5) is 25.9. The van der Waals surface area contributed by atoms with Gasteiger partial charge in [-0.3, -0.25) is 4.79 Å². The van der Waals surface area contributed by atoms with Gasteiger partial charge in [-0.1, -0.05) is 48.0 Å². The van der Waals surface area contributed by atoms with Crippen LogP contribution in [-0.2, 0) is 11.2 Å². The Morgan fingerprint density at radius 2 is 1.83 bits per heavy atom. The summed E-state index contributed by atoms with van der Waals surface area (Å²) in [6.07, 6.45) is 1.88. The number of hydrogen-bond acceptors (Lipinski definition) is 2. The molecule has 2 aromatic rings. The van der Waals surface area contributed by atoms with Gasteiger partial charge in [-0.2, -0.15) is 0 Å². The summed E-state index contributed by atoms with van der Waals surface area (Å²) in [5.41, 5.74) is 1.68. The van der Waals surface area contributed by atoms with Gasteiger partial charge in [0.05, 0.1) is 18.0 Å². The second-order valence-electron chi connectivity index (χ2n) is 5.91. The van der Waals surface area contributed by atoms with Crippen LogP contribution >= 0.6 is 11.6 Å². The van der Waals surface area contributed by atoms with E-state index in [0.717, 1.165) is 18.4 Å². The van der Waals surface area contributed by atoms with Crippen molar-refractivity contribution in [3.63, 3.8) is 0 Å². The molecule has 0 aliphatic carbocycles. The summed E-state index contributed by atoms with van der Waals surface area (Å²) in [6, 6.07) is 14.2. The highest BCUT2D eigenvalue weighted by molar-refractivity contribution is 6.31. The molecule has 0 radical (unpaired) electrons. The zero-order valence-corrected chi connectivity index (χ0v) is 13.9. The normalized spacial score (nSPS) is 17.0. The van der Waals surface area contributed by atoms with Crippen molar-refractivity contribution < 1.29 is 14.7 Å². The van der Waals surface area contributed by atoms with E-state index in [2.05, 4.69) is 0 Å². The Balaban J connectivity index is 1.82. The standard InChI is InChI=1S/C19H18ClNO3/c20-16-9-4-3-8-15(16)17-10-5-11-21(17)18(22)12-13-6-1-2-7-14(13)19(23)24/h1-4,6-9,17H,5,10-12H2,(H,23,24). The molecule has 1 aliphatic rings. The molecule has 1 saturated heterocycles. The lowest BCUT2D eigenvalue weighted by molar-refractivity contribution is -0.131. The second kappa shape index (κ2) is 7.05. The van der Waals surface area contributed by atoms with Gasteiger partial charge in [-0.15, -0.1) is 0 Å². The molecule has 2 aromatic carbocycles. The van der Waals surface area contributed by atoms with E-state index in [1.165, 1.54) is 6.07 Å². The Morgan fingerprint density at radius 1 is 1.12 bits per heavy atom. The average molecular weight is 344 g/mol. The van der Waals surface area contributed by atoms with E-state index in [0.29, 0.717) is 17.1 Å². The lowest BCUT2D eigenvalue weighted by Crippen LogP contribution is -2.32. The third kappa shape index (κ3) is 3.29. The van der Waals surface area contributed by atoms with Crippen molar-refractivity contribution in [3.8, 4) is 0 Å². The van der Waals surface area contributed by atoms with Crippen molar-refractivity contribution in [1.82, 2.24) is 4.90 Å². The third-order valence-electron chi connectivity index (χ3n) is 4.43. The molecule has 3 rings (SSSR count). The Kier molecular flexibility index (Phi) is 4.86. The number of nitrogens with zero attached hydrogens (tertiary/aromatic N) is 1. The first kappa shape index (κ1) is 16.5. The van der Waals surface area contributed by atoms with E-state index in [-0.39, 0.29) is 23.9 Å². The monoisotopic (exact) mass is 343 g/mol. The van der Waals surface area contributed by atoms with Crippen LogP contribution in [0.3, 0.4) is 0 Å². The van der Waals surface area contributed by atoms with E-state index in [4.69, 9.17) is 11.6 Å². The van der Waals surface area contributed by atoms with Gasteiger partial charge >= 0.3 is 5.97 Å². The van der Waals surface area contributed by atoms with Gasteiger partial charge in [-0.25, -0.2) is 4.79 Å². The van der Waals surface area contributed by atoms with Crippen molar-refractivity contribution in [2.75, 3.05) is 6.54 Å². The molecule has 0 saturated carbocycles.